The van der Waals surface area contributed by atoms with Crippen molar-refractivity contribution in [3.05, 3.63) is 15.3 Å². The first-order valence-electron chi connectivity index (χ1n) is 3.56. The maximum Gasteiger partial charge on any atom is 0.342 e. The summed E-state index contributed by atoms with van der Waals surface area (Å²) < 4.78 is 2.00. The van der Waals surface area contributed by atoms with E-state index in [0.29, 0.717) is 4.77 Å². The van der Waals surface area contributed by atoms with E-state index in [2.05, 4.69) is 10.2 Å². The van der Waals surface area contributed by atoms with Gasteiger partial charge in [0.15, 0.2) is 4.77 Å². The van der Waals surface area contributed by atoms with Crippen LogP contribution in [-0.4, -0.2) is 14.8 Å². The van der Waals surface area contributed by atoms with Gasteiger partial charge in [0, 0.05) is 6.04 Å². The Balaban J connectivity index is 3.21. The first kappa shape index (κ1) is 8.26. The van der Waals surface area contributed by atoms with Crippen LogP contribution in [0.5, 0.6) is 0 Å². The molecule has 11 heavy (non-hydrogen) atoms. The number of hydrogen-bond acceptors (Lipinski definition) is 2. The number of hydrogen-bond donors (Lipinski definition) is 2. The number of aromatic amines is 2. The summed E-state index contributed by atoms with van der Waals surface area (Å²) in [6.45, 7) is 3.97. The van der Waals surface area contributed by atoms with Crippen molar-refractivity contribution in [1.82, 2.24) is 14.8 Å². The van der Waals surface area contributed by atoms with Crippen LogP contribution in [0.4, 0.5) is 0 Å². The molecule has 0 bridgehead atoms. The van der Waals surface area contributed by atoms with Crippen LogP contribution in [0.1, 0.15) is 26.3 Å². The lowest BCUT2D eigenvalue weighted by Crippen LogP contribution is -2.20. The van der Waals surface area contributed by atoms with Gasteiger partial charge < -0.3 is 0 Å². The third kappa shape index (κ3) is 1.42. The summed E-state index contributed by atoms with van der Waals surface area (Å²) in [5.74, 6) is 0. The Kier molecular flexibility index (Phi) is 2.28. The molecule has 0 fully saturated rings. The topological polar surface area (TPSA) is 53.6 Å². The summed E-state index contributed by atoms with van der Waals surface area (Å²) in [6, 6.07) is 0.164. The minimum absolute atomic E-state index is 0.163. The lowest BCUT2D eigenvalue weighted by Gasteiger charge is -2.06. The van der Waals surface area contributed by atoms with Crippen molar-refractivity contribution in [2.45, 2.75) is 26.3 Å². The molecule has 0 aliphatic carbocycles. The Morgan fingerprint density at radius 1 is 1.64 bits per heavy atom. The van der Waals surface area contributed by atoms with E-state index in [1.807, 2.05) is 13.8 Å². The summed E-state index contributed by atoms with van der Waals surface area (Å²) in [4.78, 5) is 11.0. The first-order chi connectivity index (χ1) is 5.16. The Bertz CT molecular complexity index is 307. The molecule has 0 spiro atoms. The fourth-order valence-corrected chi connectivity index (χ4v) is 1.22. The average molecular weight is 173 g/mol. The van der Waals surface area contributed by atoms with E-state index < -0.39 is 0 Å². The Morgan fingerprint density at radius 2 is 2.27 bits per heavy atom. The summed E-state index contributed by atoms with van der Waals surface area (Å²) in [5.41, 5.74) is -0.163. The standard InChI is InChI=1S/C6H11N3OS/c1-3-4(2)9-5(10)7-8-6(9)11/h4H,3H2,1-2H3,(H,7,10)(H,8,11). The van der Waals surface area contributed by atoms with Crippen LogP contribution in [0.15, 0.2) is 4.79 Å². The van der Waals surface area contributed by atoms with E-state index in [1.54, 1.807) is 0 Å². The normalized spacial score (nSPS) is 13.3. The molecule has 0 aromatic carbocycles. The van der Waals surface area contributed by atoms with E-state index in [-0.39, 0.29) is 11.7 Å². The van der Waals surface area contributed by atoms with Gasteiger partial charge in [-0.15, -0.1) is 0 Å². The molecule has 0 radical (unpaired) electrons. The summed E-state index contributed by atoms with van der Waals surface area (Å²) in [7, 11) is 0. The molecular formula is C6H11N3OS. The Morgan fingerprint density at radius 3 is 2.64 bits per heavy atom. The van der Waals surface area contributed by atoms with Gasteiger partial charge in [0.1, 0.15) is 0 Å². The van der Waals surface area contributed by atoms with Gasteiger partial charge in [-0.2, -0.15) is 0 Å². The second-order valence-corrected chi connectivity index (χ2v) is 2.87. The average Bonchev–Trinajstić information content (AvgIpc) is 2.30. The summed E-state index contributed by atoms with van der Waals surface area (Å²) in [6.07, 6.45) is 0.898. The highest BCUT2D eigenvalue weighted by Gasteiger charge is 2.05. The molecule has 0 saturated carbocycles. The molecule has 0 amide bonds. The molecule has 1 atom stereocenters. The number of aromatic nitrogens is 3. The van der Waals surface area contributed by atoms with Gasteiger partial charge in [-0.05, 0) is 25.6 Å². The van der Waals surface area contributed by atoms with Gasteiger partial charge in [-0.3, -0.25) is 9.67 Å². The molecule has 62 valence electrons. The molecule has 2 N–H and O–H groups in total. The van der Waals surface area contributed by atoms with Gasteiger partial charge >= 0.3 is 5.69 Å². The highest BCUT2D eigenvalue weighted by atomic mass is 32.1. The predicted molar refractivity (Wildman–Crippen MR) is 45.2 cm³/mol. The van der Waals surface area contributed by atoms with E-state index in [0.717, 1.165) is 6.42 Å². The van der Waals surface area contributed by atoms with Gasteiger partial charge in [-0.25, -0.2) is 9.89 Å². The minimum Gasteiger partial charge on any atom is -0.272 e. The van der Waals surface area contributed by atoms with Crippen molar-refractivity contribution < 1.29 is 0 Å². The zero-order valence-electron chi connectivity index (χ0n) is 6.55. The van der Waals surface area contributed by atoms with E-state index in [9.17, 15) is 4.79 Å². The molecule has 1 rings (SSSR count). The van der Waals surface area contributed by atoms with Gasteiger partial charge in [0.25, 0.3) is 0 Å². The highest BCUT2D eigenvalue weighted by Crippen LogP contribution is 2.05. The van der Waals surface area contributed by atoms with E-state index in [4.69, 9.17) is 12.2 Å². The van der Waals surface area contributed by atoms with Crippen LogP contribution in [0, 0.1) is 4.77 Å². The molecule has 4 nitrogen and oxygen atoms in total. The highest BCUT2D eigenvalue weighted by molar-refractivity contribution is 7.71. The fourth-order valence-electron chi connectivity index (χ4n) is 0.903. The monoisotopic (exact) mass is 173 g/mol. The molecule has 0 aliphatic heterocycles. The maximum atomic E-state index is 11.0. The Labute approximate surface area is 69.2 Å². The molecule has 0 aliphatic rings. The minimum atomic E-state index is -0.163. The van der Waals surface area contributed by atoms with Crippen LogP contribution in [0.3, 0.4) is 0 Å². The van der Waals surface area contributed by atoms with Crippen LogP contribution in [-0.2, 0) is 0 Å². The van der Waals surface area contributed by atoms with Crippen molar-refractivity contribution in [2.24, 2.45) is 0 Å². The molecule has 1 aromatic heterocycles. The predicted octanol–water partition coefficient (Wildman–Crippen LogP) is 1.20. The summed E-state index contributed by atoms with van der Waals surface area (Å²) in [5, 5.41) is 5.02. The number of rotatable bonds is 2. The summed E-state index contributed by atoms with van der Waals surface area (Å²) >= 11 is 4.89. The van der Waals surface area contributed by atoms with Gasteiger partial charge in [0.2, 0.25) is 0 Å². The van der Waals surface area contributed by atoms with Crippen LogP contribution >= 0.6 is 12.2 Å². The Hall–Kier alpha value is -0.840. The lowest BCUT2D eigenvalue weighted by atomic mass is 10.3. The zero-order valence-corrected chi connectivity index (χ0v) is 7.36. The molecular weight excluding hydrogens is 162 g/mol. The van der Waals surface area contributed by atoms with Gasteiger partial charge in [0.05, 0.1) is 0 Å². The van der Waals surface area contributed by atoms with Crippen molar-refractivity contribution in [3.63, 3.8) is 0 Å². The maximum absolute atomic E-state index is 11.0. The third-order valence-corrected chi connectivity index (χ3v) is 2.04. The van der Waals surface area contributed by atoms with Crippen LogP contribution < -0.4 is 5.69 Å². The van der Waals surface area contributed by atoms with E-state index >= 15 is 0 Å². The van der Waals surface area contributed by atoms with E-state index in [1.165, 1.54) is 4.57 Å². The number of H-pyrrole nitrogens is 2. The largest absolute Gasteiger partial charge is 0.342 e. The van der Waals surface area contributed by atoms with Gasteiger partial charge in [-0.1, -0.05) is 6.92 Å². The van der Waals surface area contributed by atoms with Crippen molar-refractivity contribution >= 4 is 12.2 Å². The van der Waals surface area contributed by atoms with Crippen molar-refractivity contribution in [2.75, 3.05) is 0 Å². The second kappa shape index (κ2) is 3.04. The molecule has 0 saturated heterocycles. The van der Waals surface area contributed by atoms with Crippen molar-refractivity contribution in [1.29, 1.82) is 0 Å². The lowest BCUT2D eigenvalue weighted by molar-refractivity contribution is 0.510. The number of nitrogens with zero attached hydrogens (tertiary/aromatic N) is 1. The molecule has 1 unspecified atom stereocenters. The quantitative estimate of drug-likeness (QED) is 0.660. The van der Waals surface area contributed by atoms with Crippen molar-refractivity contribution in [3.8, 4) is 0 Å². The molecule has 5 heteroatoms. The zero-order chi connectivity index (χ0) is 8.43. The smallest absolute Gasteiger partial charge is 0.272 e. The molecule has 1 aromatic rings. The number of nitrogens with one attached hydrogen (secondary N) is 2. The third-order valence-electron chi connectivity index (χ3n) is 1.75. The van der Waals surface area contributed by atoms with Crippen LogP contribution in [0.25, 0.3) is 0 Å². The van der Waals surface area contributed by atoms with Crippen LogP contribution in [0.2, 0.25) is 0 Å². The second-order valence-electron chi connectivity index (χ2n) is 2.49. The SMILES string of the molecule is CCC(C)n1c(=O)[nH][nH]c1=S. The molecule has 1 heterocycles. The first-order valence-corrected chi connectivity index (χ1v) is 3.96. The fraction of sp³-hybridized carbons (Fsp3) is 0.667.